The minimum Gasteiger partial charge on any atom is -0.325 e. The molecule has 0 unspecified atom stereocenters. The average Bonchev–Trinajstić information content (AvgIpc) is 2.97. The maximum absolute atomic E-state index is 14.1. The average molecular weight is 562 g/mol. The van der Waals surface area contributed by atoms with Crippen molar-refractivity contribution >= 4 is 22.4 Å². The van der Waals surface area contributed by atoms with Crippen LogP contribution in [0, 0.1) is 17.1 Å². The van der Waals surface area contributed by atoms with Crippen LogP contribution in [0.4, 0.5) is 10.3 Å². The van der Waals surface area contributed by atoms with Crippen LogP contribution in [0.15, 0.2) is 105 Å². The Labute approximate surface area is 241 Å². The van der Waals surface area contributed by atoms with E-state index in [1.807, 2.05) is 64.1 Å². The first kappa shape index (κ1) is 28.1. The number of halogens is 1. The number of allylic oxidation sites excluding steroid dienone is 5. The van der Waals surface area contributed by atoms with Gasteiger partial charge in [-0.25, -0.2) is 18.5 Å². The fourth-order valence-electron chi connectivity index (χ4n) is 4.74. The van der Waals surface area contributed by atoms with Crippen molar-refractivity contribution in [3.63, 3.8) is 0 Å². The van der Waals surface area contributed by atoms with E-state index in [0.29, 0.717) is 16.6 Å². The summed E-state index contributed by atoms with van der Waals surface area (Å²) in [5.41, 5.74) is 2.30. The number of nitriles is 1. The number of fused-ring (bicyclic) bond motifs is 1. The number of nitrogens with one attached hydrogen (secondary N) is 1. The van der Waals surface area contributed by atoms with Gasteiger partial charge in [0, 0.05) is 28.7 Å². The summed E-state index contributed by atoms with van der Waals surface area (Å²) in [6.07, 6.45) is 8.84. The molecular weight excluding hydrogens is 533 g/mol. The van der Waals surface area contributed by atoms with Gasteiger partial charge in [-0.2, -0.15) is 10.2 Å². The van der Waals surface area contributed by atoms with Gasteiger partial charge in [-0.05, 0) is 68.7 Å². The quantitative estimate of drug-likeness (QED) is 0.352. The molecule has 5 rings (SSSR count). The second kappa shape index (κ2) is 11.6. The van der Waals surface area contributed by atoms with Gasteiger partial charge < -0.3 is 5.32 Å². The zero-order valence-electron chi connectivity index (χ0n) is 23.6. The Kier molecular flexibility index (Phi) is 7.76. The van der Waals surface area contributed by atoms with E-state index in [4.69, 9.17) is 0 Å². The molecule has 0 radical (unpaired) electrons. The van der Waals surface area contributed by atoms with E-state index in [-0.39, 0.29) is 29.8 Å². The second-order valence-corrected chi connectivity index (χ2v) is 10.1. The highest BCUT2D eigenvalue weighted by atomic mass is 19.1. The van der Waals surface area contributed by atoms with Crippen molar-refractivity contribution < 1.29 is 4.39 Å². The third-order valence-electron chi connectivity index (χ3n) is 6.78. The van der Waals surface area contributed by atoms with Crippen LogP contribution in [0.2, 0.25) is 0 Å². The summed E-state index contributed by atoms with van der Waals surface area (Å²) in [6, 6.07) is 13.2. The highest BCUT2D eigenvalue weighted by molar-refractivity contribution is 6.12. The Balaban J connectivity index is 1.69. The van der Waals surface area contributed by atoms with Gasteiger partial charge in [0.25, 0.3) is 0 Å². The van der Waals surface area contributed by atoms with Crippen LogP contribution >= 0.6 is 0 Å². The maximum Gasteiger partial charge on any atom is 0.359 e. The molecule has 0 spiro atoms. The smallest absolute Gasteiger partial charge is 0.325 e. The Morgan fingerprint density at radius 2 is 1.93 bits per heavy atom. The largest absolute Gasteiger partial charge is 0.359 e. The van der Waals surface area contributed by atoms with Crippen molar-refractivity contribution in [1.82, 2.24) is 19.1 Å². The van der Waals surface area contributed by atoms with E-state index < -0.39 is 17.2 Å². The summed E-state index contributed by atoms with van der Waals surface area (Å²) in [5.74, 6) is -0.668. The third kappa shape index (κ3) is 5.45. The number of pyridine rings is 1. The lowest BCUT2D eigenvalue weighted by molar-refractivity contribution is 0.620. The minimum atomic E-state index is -0.792. The van der Waals surface area contributed by atoms with Gasteiger partial charge in [0.05, 0.1) is 29.7 Å². The molecular formula is C32H28FN7O2. The van der Waals surface area contributed by atoms with Gasteiger partial charge >= 0.3 is 11.4 Å². The number of anilines is 1. The van der Waals surface area contributed by atoms with Crippen molar-refractivity contribution in [2.75, 3.05) is 5.32 Å². The lowest BCUT2D eigenvalue weighted by Gasteiger charge is -2.21. The van der Waals surface area contributed by atoms with Gasteiger partial charge in [0.1, 0.15) is 11.9 Å². The number of aliphatic imine (C=N–C) groups is 1. The van der Waals surface area contributed by atoms with Crippen LogP contribution in [-0.2, 0) is 6.54 Å². The molecule has 1 aliphatic carbocycles. The summed E-state index contributed by atoms with van der Waals surface area (Å²) < 4.78 is 16.4. The molecule has 9 nitrogen and oxygen atoms in total. The highest BCUT2D eigenvalue weighted by Crippen LogP contribution is 2.24. The zero-order valence-corrected chi connectivity index (χ0v) is 23.6. The molecule has 0 saturated carbocycles. The number of benzene rings is 2. The van der Waals surface area contributed by atoms with Crippen molar-refractivity contribution in [3.05, 3.63) is 128 Å². The summed E-state index contributed by atoms with van der Waals surface area (Å²) in [6.45, 7) is 7.71. The summed E-state index contributed by atoms with van der Waals surface area (Å²) in [7, 11) is 0. The predicted molar refractivity (Wildman–Crippen MR) is 161 cm³/mol. The van der Waals surface area contributed by atoms with E-state index >= 15 is 0 Å². The number of hydrogen-bond donors (Lipinski definition) is 1. The van der Waals surface area contributed by atoms with Crippen molar-refractivity contribution in [3.8, 4) is 11.8 Å². The van der Waals surface area contributed by atoms with Crippen LogP contribution in [0.25, 0.3) is 16.5 Å². The van der Waals surface area contributed by atoms with E-state index in [0.717, 1.165) is 26.8 Å². The van der Waals surface area contributed by atoms with Crippen LogP contribution in [-0.4, -0.2) is 30.9 Å². The number of rotatable bonds is 6. The summed E-state index contributed by atoms with van der Waals surface area (Å²) in [5, 5.41) is 13.9. The molecule has 1 N–H and O–H groups in total. The lowest BCUT2D eigenvalue weighted by Crippen LogP contribution is -2.42. The third-order valence-corrected chi connectivity index (χ3v) is 6.78. The molecule has 0 saturated heterocycles. The first-order valence-electron chi connectivity index (χ1n) is 13.4. The molecule has 0 bridgehead atoms. The summed E-state index contributed by atoms with van der Waals surface area (Å²) >= 11 is 0. The highest BCUT2D eigenvalue weighted by Gasteiger charge is 2.20. The standard InChI is InChI=1S/C32H28FN7O2/c1-5-22-14-27(20(4)12-28(22)36-19(2)3)37-30-38-31(41)40(29-17-35-16-23-8-6-7-9-25(23)29)32(42)39(30)18-21-10-11-26(33)24(13-21)15-34/h5-14,16-17,19H,18H2,1-4H3,(H,37,38,41)/b22-5-,36-28-. The minimum absolute atomic E-state index is 0.00372. The fourth-order valence-corrected chi connectivity index (χ4v) is 4.74. The molecule has 2 aromatic heterocycles. The van der Waals surface area contributed by atoms with Crippen molar-refractivity contribution in [1.29, 1.82) is 5.26 Å². The summed E-state index contributed by atoms with van der Waals surface area (Å²) in [4.78, 5) is 40.8. The van der Waals surface area contributed by atoms with Gasteiger partial charge in [0.2, 0.25) is 5.95 Å². The van der Waals surface area contributed by atoms with Gasteiger partial charge in [-0.3, -0.25) is 14.5 Å². The predicted octanol–water partition coefficient (Wildman–Crippen LogP) is 5.05. The van der Waals surface area contributed by atoms with Gasteiger partial charge in [0.15, 0.2) is 0 Å². The SMILES string of the molecule is C/C=C1/C=C(Nc2nc(=O)n(-c3cncc4ccccc34)c(=O)n2Cc2ccc(F)c(C#N)c2)C(C)=C/C1=N/C(C)C. The Hall–Kier alpha value is -5.43. The molecule has 2 heterocycles. The molecule has 2 aromatic carbocycles. The van der Waals surface area contributed by atoms with Crippen LogP contribution in [0.5, 0.6) is 0 Å². The van der Waals surface area contributed by atoms with Crippen LogP contribution in [0.1, 0.15) is 38.8 Å². The van der Waals surface area contributed by atoms with E-state index in [1.165, 1.54) is 29.0 Å². The second-order valence-electron chi connectivity index (χ2n) is 10.1. The zero-order chi connectivity index (χ0) is 30.0. The van der Waals surface area contributed by atoms with Gasteiger partial charge in [-0.15, -0.1) is 0 Å². The Bertz CT molecular complexity index is 2000. The van der Waals surface area contributed by atoms with Crippen molar-refractivity contribution in [2.45, 2.75) is 40.3 Å². The topological polar surface area (TPSA) is 118 Å². The lowest BCUT2D eigenvalue weighted by atomic mass is 9.97. The van der Waals surface area contributed by atoms with Gasteiger partial charge in [-0.1, -0.05) is 36.4 Å². The molecule has 0 aliphatic heterocycles. The molecule has 42 heavy (non-hydrogen) atoms. The Morgan fingerprint density at radius 1 is 1.14 bits per heavy atom. The molecule has 0 fully saturated rings. The Morgan fingerprint density at radius 3 is 2.67 bits per heavy atom. The van der Waals surface area contributed by atoms with E-state index in [2.05, 4.69) is 20.3 Å². The van der Waals surface area contributed by atoms with E-state index in [9.17, 15) is 19.2 Å². The van der Waals surface area contributed by atoms with E-state index in [1.54, 1.807) is 18.3 Å². The maximum atomic E-state index is 14.1. The first-order valence-corrected chi connectivity index (χ1v) is 13.4. The fraction of sp³-hybridized carbons (Fsp3) is 0.188. The molecule has 0 atom stereocenters. The molecule has 0 amide bonds. The van der Waals surface area contributed by atoms with Crippen LogP contribution in [0.3, 0.4) is 0 Å². The first-order chi connectivity index (χ1) is 20.2. The molecule has 210 valence electrons. The molecule has 4 aromatic rings. The number of hydrogen-bond acceptors (Lipinski definition) is 7. The number of aromatic nitrogens is 4. The van der Waals surface area contributed by atoms with Crippen molar-refractivity contribution in [2.24, 2.45) is 4.99 Å². The monoisotopic (exact) mass is 561 g/mol. The van der Waals surface area contributed by atoms with Crippen LogP contribution < -0.4 is 16.7 Å². The molecule has 1 aliphatic rings. The normalized spacial score (nSPS) is 15.2. The molecule has 10 heteroatoms. The number of nitrogens with zero attached hydrogens (tertiary/aromatic N) is 6.